The minimum atomic E-state index is 0.440. The summed E-state index contributed by atoms with van der Waals surface area (Å²) in [5.41, 5.74) is 1.35. The molecular formula is C17H29NO. The van der Waals surface area contributed by atoms with Gasteiger partial charge in [0.25, 0.3) is 0 Å². The molecule has 0 saturated carbocycles. The number of rotatable bonds is 9. The summed E-state index contributed by atoms with van der Waals surface area (Å²) in [5.74, 6) is 1.72. The Kier molecular flexibility index (Phi) is 7.57. The van der Waals surface area contributed by atoms with Crippen LogP contribution in [-0.4, -0.2) is 13.2 Å². The van der Waals surface area contributed by atoms with E-state index in [2.05, 4.69) is 44.3 Å². The molecule has 0 fully saturated rings. The van der Waals surface area contributed by atoms with Gasteiger partial charge in [0.05, 0.1) is 6.61 Å². The third-order valence-electron chi connectivity index (χ3n) is 3.55. The molecule has 0 aromatic heterocycles. The molecule has 2 nitrogen and oxygen atoms in total. The largest absolute Gasteiger partial charge is 0.494 e. The zero-order chi connectivity index (χ0) is 14.1. The Morgan fingerprint density at radius 1 is 1.21 bits per heavy atom. The Bertz CT molecular complexity index is 351. The molecule has 19 heavy (non-hydrogen) atoms. The normalized spacial score (nSPS) is 14.1. The van der Waals surface area contributed by atoms with Crippen LogP contribution in [0.2, 0.25) is 0 Å². The Morgan fingerprint density at radius 3 is 2.63 bits per heavy atom. The lowest BCUT2D eigenvalue weighted by atomic mass is 9.94. The molecule has 0 aliphatic heterocycles. The first-order chi connectivity index (χ1) is 9.21. The summed E-state index contributed by atoms with van der Waals surface area (Å²) in [6.07, 6.45) is 3.59. The zero-order valence-electron chi connectivity index (χ0n) is 12.9. The number of nitrogens with one attached hydrogen (secondary N) is 1. The van der Waals surface area contributed by atoms with Gasteiger partial charge in [-0.3, -0.25) is 0 Å². The van der Waals surface area contributed by atoms with Crippen molar-refractivity contribution in [2.75, 3.05) is 13.2 Å². The predicted molar refractivity (Wildman–Crippen MR) is 82.7 cm³/mol. The summed E-state index contributed by atoms with van der Waals surface area (Å²) in [5, 5.41) is 3.66. The third kappa shape index (κ3) is 5.65. The number of hydrogen-bond donors (Lipinski definition) is 1. The molecule has 0 radical (unpaired) electrons. The van der Waals surface area contributed by atoms with E-state index >= 15 is 0 Å². The van der Waals surface area contributed by atoms with E-state index in [4.69, 9.17) is 4.74 Å². The van der Waals surface area contributed by atoms with Crippen molar-refractivity contribution in [3.63, 3.8) is 0 Å². The van der Waals surface area contributed by atoms with Crippen LogP contribution < -0.4 is 10.1 Å². The molecule has 0 heterocycles. The van der Waals surface area contributed by atoms with Crippen LogP contribution in [0.25, 0.3) is 0 Å². The molecule has 0 aliphatic rings. The quantitative estimate of drug-likeness (QED) is 0.705. The highest BCUT2D eigenvalue weighted by Crippen LogP contribution is 2.26. The van der Waals surface area contributed by atoms with Crippen LogP contribution in [0.1, 0.15) is 58.6 Å². The van der Waals surface area contributed by atoms with E-state index in [-0.39, 0.29) is 0 Å². The summed E-state index contributed by atoms with van der Waals surface area (Å²) >= 11 is 0. The van der Waals surface area contributed by atoms with Crippen molar-refractivity contribution >= 4 is 0 Å². The van der Waals surface area contributed by atoms with E-state index in [0.29, 0.717) is 6.04 Å². The van der Waals surface area contributed by atoms with Crippen LogP contribution in [-0.2, 0) is 0 Å². The highest BCUT2D eigenvalue weighted by molar-refractivity contribution is 5.30. The molecule has 108 valence electrons. The Morgan fingerprint density at radius 2 is 2.00 bits per heavy atom. The van der Waals surface area contributed by atoms with Crippen LogP contribution in [0.4, 0.5) is 0 Å². The molecular weight excluding hydrogens is 234 g/mol. The van der Waals surface area contributed by atoms with Gasteiger partial charge in [0.1, 0.15) is 5.75 Å². The first-order valence-electron chi connectivity index (χ1n) is 7.67. The second-order valence-corrected chi connectivity index (χ2v) is 5.26. The predicted octanol–water partition coefficient (Wildman–Crippen LogP) is 4.56. The van der Waals surface area contributed by atoms with Crippen LogP contribution >= 0.6 is 0 Å². The smallest absolute Gasteiger partial charge is 0.119 e. The molecule has 0 aliphatic carbocycles. The van der Waals surface area contributed by atoms with Crippen LogP contribution in [0, 0.1) is 5.92 Å². The van der Waals surface area contributed by atoms with Crippen LogP contribution in [0.5, 0.6) is 5.75 Å². The highest BCUT2D eigenvalue weighted by Gasteiger charge is 2.14. The van der Waals surface area contributed by atoms with Gasteiger partial charge >= 0.3 is 0 Å². The maximum Gasteiger partial charge on any atom is 0.119 e. The van der Waals surface area contributed by atoms with Gasteiger partial charge < -0.3 is 10.1 Å². The number of benzene rings is 1. The molecule has 2 unspecified atom stereocenters. The van der Waals surface area contributed by atoms with Crippen LogP contribution in [0.15, 0.2) is 24.3 Å². The maximum absolute atomic E-state index is 5.60. The number of hydrogen-bond acceptors (Lipinski definition) is 2. The van der Waals surface area contributed by atoms with Crippen molar-refractivity contribution in [3.8, 4) is 5.75 Å². The highest BCUT2D eigenvalue weighted by atomic mass is 16.5. The summed E-state index contributed by atoms with van der Waals surface area (Å²) in [7, 11) is 0. The van der Waals surface area contributed by atoms with Gasteiger partial charge in [-0.15, -0.1) is 0 Å². The molecule has 2 atom stereocenters. The zero-order valence-corrected chi connectivity index (χ0v) is 12.9. The van der Waals surface area contributed by atoms with E-state index in [0.717, 1.165) is 24.8 Å². The fourth-order valence-electron chi connectivity index (χ4n) is 2.21. The summed E-state index contributed by atoms with van der Waals surface area (Å²) in [4.78, 5) is 0. The van der Waals surface area contributed by atoms with Gasteiger partial charge in [-0.25, -0.2) is 0 Å². The molecule has 1 aromatic carbocycles. The van der Waals surface area contributed by atoms with Crippen molar-refractivity contribution in [1.29, 1.82) is 0 Å². The van der Waals surface area contributed by atoms with Crippen molar-refractivity contribution in [1.82, 2.24) is 5.32 Å². The summed E-state index contributed by atoms with van der Waals surface area (Å²) < 4.78 is 5.60. The Hall–Kier alpha value is -1.02. The van der Waals surface area contributed by atoms with E-state index in [1.165, 1.54) is 24.8 Å². The van der Waals surface area contributed by atoms with Crippen LogP contribution in [0.3, 0.4) is 0 Å². The minimum absolute atomic E-state index is 0.440. The molecule has 1 rings (SSSR count). The van der Waals surface area contributed by atoms with Crippen molar-refractivity contribution in [2.45, 2.75) is 53.0 Å². The average Bonchev–Trinajstić information content (AvgIpc) is 2.43. The molecule has 0 amide bonds. The standard InChI is InChI=1S/C17H29NO/c1-5-11-18-17(12-14(4)6-2)15-9-8-10-16(13-15)19-7-3/h8-10,13-14,17-18H,5-7,11-12H2,1-4H3. The van der Waals surface area contributed by atoms with Gasteiger partial charge in [0.15, 0.2) is 0 Å². The topological polar surface area (TPSA) is 21.3 Å². The van der Waals surface area contributed by atoms with E-state index in [1.807, 2.05) is 13.0 Å². The van der Waals surface area contributed by atoms with E-state index < -0.39 is 0 Å². The van der Waals surface area contributed by atoms with Gasteiger partial charge in [0, 0.05) is 6.04 Å². The van der Waals surface area contributed by atoms with Crippen molar-refractivity contribution < 1.29 is 4.74 Å². The fourth-order valence-corrected chi connectivity index (χ4v) is 2.21. The summed E-state index contributed by atoms with van der Waals surface area (Å²) in [6.45, 7) is 10.6. The lowest BCUT2D eigenvalue weighted by Crippen LogP contribution is -2.24. The fraction of sp³-hybridized carbons (Fsp3) is 0.647. The number of ether oxygens (including phenoxy) is 1. The van der Waals surface area contributed by atoms with Crippen molar-refractivity contribution in [3.05, 3.63) is 29.8 Å². The average molecular weight is 263 g/mol. The molecule has 2 heteroatoms. The molecule has 1 N–H and O–H groups in total. The monoisotopic (exact) mass is 263 g/mol. The Labute approximate surface area is 118 Å². The van der Waals surface area contributed by atoms with Gasteiger partial charge in [-0.1, -0.05) is 39.3 Å². The van der Waals surface area contributed by atoms with Gasteiger partial charge in [-0.05, 0) is 49.9 Å². The molecule has 0 saturated heterocycles. The SMILES string of the molecule is CCCNC(CC(C)CC)c1cccc(OCC)c1. The van der Waals surface area contributed by atoms with Gasteiger partial charge in [-0.2, -0.15) is 0 Å². The Balaban J connectivity index is 2.79. The van der Waals surface area contributed by atoms with E-state index in [1.54, 1.807) is 0 Å². The molecule has 0 spiro atoms. The minimum Gasteiger partial charge on any atom is -0.494 e. The maximum atomic E-state index is 5.60. The molecule has 0 bridgehead atoms. The summed E-state index contributed by atoms with van der Waals surface area (Å²) in [6, 6.07) is 8.96. The lowest BCUT2D eigenvalue weighted by Gasteiger charge is -2.22. The first-order valence-corrected chi connectivity index (χ1v) is 7.67. The molecule has 1 aromatic rings. The second kappa shape index (κ2) is 8.98. The van der Waals surface area contributed by atoms with E-state index in [9.17, 15) is 0 Å². The van der Waals surface area contributed by atoms with Gasteiger partial charge in [0.2, 0.25) is 0 Å². The third-order valence-corrected chi connectivity index (χ3v) is 3.55. The lowest BCUT2D eigenvalue weighted by molar-refractivity contribution is 0.338. The van der Waals surface area contributed by atoms with Crippen molar-refractivity contribution in [2.24, 2.45) is 5.92 Å². The first kappa shape index (κ1) is 16.0. The second-order valence-electron chi connectivity index (χ2n) is 5.26.